The van der Waals surface area contributed by atoms with Gasteiger partial charge in [-0.25, -0.2) is 0 Å². The Balaban J connectivity index is 2.20. The van der Waals surface area contributed by atoms with Gasteiger partial charge in [0.25, 0.3) is 0 Å². The third-order valence-electron chi connectivity index (χ3n) is 3.75. The van der Waals surface area contributed by atoms with Crippen LogP contribution in [0.15, 0.2) is 0 Å². The second kappa shape index (κ2) is 7.28. The van der Waals surface area contributed by atoms with Crippen LogP contribution in [-0.2, 0) is 4.79 Å². The smallest absolute Gasteiger partial charge is 0.220 e. The molecule has 1 aliphatic heterocycles. The molecule has 0 radical (unpaired) electrons. The molecule has 2 N–H and O–H groups in total. The maximum atomic E-state index is 11.9. The van der Waals surface area contributed by atoms with Crippen molar-refractivity contribution in [2.24, 2.45) is 11.3 Å². The summed E-state index contributed by atoms with van der Waals surface area (Å²) in [6, 6.07) is 1.06. The van der Waals surface area contributed by atoms with Crippen molar-refractivity contribution in [1.82, 2.24) is 10.6 Å². The summed E-state index contributed by atoms with van der Waals surface area (Å²) in [5.74, 6) is 0.662. The second-order valence-corrected chi connectivity index (χ2v) is 7.57. The summed E-state index contributed by atoms with van der Waals surface area (Å²) in [5.41, 5.74) is 0.306. The Morgan fingerprint density at radius 3 is 2.63 bits per heavy atom. The molecule has 0 aromatic heterocycles. The van der Waals surface area contributed by atoms with E-state index in [1.54, 1.807) is 0 Å². The van der Waals surface area contributed by atoms with Gasteiger partial charge in [0.05, 0.1) is 0 Å². The summed E-state index contributed by atoms with van der Waals surface area (Å²) >= 11 is 0. The van der Waals surface area contributed by atoms with Gasteiger partial charge in [0.15, 0.2) is 0 Å². The molecule has 1 heterocycles. The zero-order valence-electron chi connectivity index (χ0n) is 13.4. The van der Waals surface area contributed by atoms with Crippen LogP contribution in [0.4, 0.5) is 0 Å². The minimum Gasteiger partial charge on any atom is -0.355 e. The molecule has 3 nitrogen and oxygen atoms in total. The highest BCUT2D eigenvalue weighted by atomic mass is 16.1. The van der Waals surface area contributed by atoms with E-state index >= 15 is 0 Å². The Labute approximate surface area is 118 Å². The normalized spacial score (nSPS) is 25.9. The quantitative estimate of drug-likeness (QED) is 0.804. The molecular weight excluding hydrogens is 236 g/mol. The molecule has 0 aliphatic carbocycles. The molecule has 1 amide bonds. The van der Waals surface area contributed by atoms with Crippen molar-refractivity contribution in [2.75, 3.05) is 6.54 Å². The van der Waals surface area contributed by atoms with E-state index in [0.717, 1.165) is 13.0 Å². The van der Waals surface area contributed by atoms with Crippen LogP contribution in [0.2, 0.25) is 0 Å². The molecule has 3 atom stereocenters. The van der Waals surface area contributed by atoms with Gasteiger partial charge in [-0.05, 0) is 37.5 Å². The van der Waals surface area contributed by atoms with E-state index in [1.807, 2.05) is 0 Å². The molecule has 1 saturated heterocycles. The van der Waals surface area contributed by atoms with Crippen molar-refractivity contribution < 1.29 is 4.79 Å². The summed E-state index contributed by atoms with van der Waals surface area (Å²) in [6.07, 6.45) is 5.46. The molecule has 112 valence electrons. The standard InChI is InChI=1S/C16H32N2O/c1-12(10-16(3,4)5)9-15(19)17-11-14-8-6-7-13(2)18-14/h12-14,18H,6-11H2,1-5H3,(H,17,19). The van der Waals surface area contributed by atoms with Crippen LogP contribution in [0.25, 0.3) is 0 Å². The van der Waals surface area contributed by atoms with Crippen LogP contribution in [0.3, 0.4) is 0 Å². The van der Waals surface area contributed by atoms with Gasteiger partial charge in [0, 0.05) is 25.0 Å². The zero-order valence-corrected chi connectivity index (χ0v) is 13.4. The van der Waals surface area contributed by atoms with Gasteiger partial charge < -0.3 is 10.6 Å². The first-order chi connectivity index (χ1) is 8.76. The highest BCUT2D eigenvalue weighted by Gasteiger charge is 2.20. The fourth-order valence-corrected chi connectivity index (χ4v) is 3.14. The topological polar surface area (TPSA) is 41.1 Å². The van der Waals surface area contributed by atoms with Gasteiger partial charge in [0.1, 0.15) is 0 Å². The van der Waals surface area contributed by atoms with Crippen molar-refractivity contribution in [3.8, 4) is 0 Å². The average Bonchev–Trinajstić information content (AvgIpc) is 2.23. The van der Waals surface area contributed by atoms with Crippen LogP contribution < -0.4 is 10.6 Å². The summed E-state index contributed by atoms with van der Waals surface area (Å²) in [7, 11) is 0. The molecule has 0 aromatic carbocycles. The molecule has 0 saturated carbocycles. The number of nitrogens with one attached hydrogen (secondary N) is 2. The summed E-state index contributed by atoms with van der Waals surface area (Å²) in [4.78, 5) is 11.9. The van der Waals surface area contributed by atoms with E-state index in [0.29, 0.717) is 29.8 Å². The van der Waals surface area contributed by atoms with Crippen molar-refractivity contribution in [3.63, 3.8) is 0 Å². The Morgan fingerprint density at radius 1 is 1.37 bits per heavy atom. The van der Waals surface area contributed by atoms with Gasteiger partial charge >= 0.3 is 0 Å². The lowest BCUT2D eigenvalue weighted by molar-refractivity contribution is -0.122. The van der Waals surface area contributed by atoms with E-state index in [-0.39, 0.29) is 5.91 Å². The highest BCUT2D eigenvalue weighted by Crippen LogP contribution is 2.25. The van der Waals surface area contributed by atoms with Crippen molar-refractivity contribution in [2.45, 2.75) is 78.8 Å². The van der Waals surface area contributed by atoms with Crippen molar-refractivity contribution >= 4 is 5.91 Å². The van der Waals surface area contributed by atoms with E-state index in [2.05, 4.69) is 45.3 Å². The molecule has 0 aromatic rings. The first-order valence-electron chi connectivity index (χ1n) is 7.79. The number of carbonyl (C=O) groups excluding carboxylic acids is 1. The molecule has 0 bridgehead atoms. The average molecular weight is 268 g/mol. The van der Waals surface area contributed by atoms with Gasteiger partial charge in [-0.15, -0.1) is 0 Å². The zero-order chi connectivity index (χ0) is 14.5. The number of hydrogen-bond acceptors (Lipinski definition) is 2. The van der Waals surface area contributed by atoms with E-state index < -0.39 is 0 Å². The Bertz CT molecular complexity index is 283. The highest BCUT2D eigenvalue weighted by molar-refractivity contribution is 5.76. The molecule has 0 spiro atoms. The Morgan fingerprint density at radius 2 is 2.05 bits per heavy atom. The first kappa shape index (κ1) is 16.5. The predicted octanol–water partition coefficient (Wildman–Crippen LogP) is 3.10. The van der Waals surface area contributed by atoms with Gasteiger partial charge in [0.2, 0.25) is 5.91 Å². The van der Waals surface area contributed by atoms with Gasteiger partial charge in [-0.1, -0.05) is 34.1 Å². The molecule has 1 rings (SSSR count). The minimum absolute atomic E-state index is 0.205. The van der Waals surface area contributed by atoms with Crippen LogP contribution in [-0.4, -0.2) is 24.5 Å². The summed E-state index contributed by atoms with van der Waals surface area (Å²) in [5, 5.41) is 6.64. The molecule has 3 heteroatoms. The lowest BCUT2D eigenvalue weighted by atomic mass is 9.84. The van der Waals surface area contributed by atoms with Crippen LogP contribution in [0.1, 0.15) is 66.7 Å². The Hall–Kier alpha value is -0.570. The van der Waals surface area contributed by atoms with Gasteiger partial charge in [-0.2, -0.15) is 0 Å². The lowest BCUT2D eigenvalue weighted by Gasteiger charge is -2.29. The fraction of sp³-hybridized carbons (Fsp3) is 0.938. The van der Waals surface area contributed by atoms with Gasteiger partial charge in [-0.3, -0.25) is 4.79 Å². The SMILES string of the molecule is CC(CC(=O)NCC1CCCC(C)N1)CC(C)(C)C. The molecular formula is C16H32N2O. The van der Waals surface area contributed by atoms with E-state index in [9.17, 15) is 4.79 Å². The van der Waals surface area contributed by atoms with Crippen LogP contribution in [0, 0.1) is 11.3 Å². The molecule has 3 unspecified atom stereocenters. The van der Waals surface area contributed by atoms with Crippen LogP contribution >= 0.6 is 0 Å². The monoisotopic (exact) mass is 268 g/mol. The van der Waals surface area contributed by atoms with E-state index in [4.69, 9.17) is 0 Å². The predicted molar refractivity (Wildman–Crippen MR) is 81.1 cm³/mol. The third kappa shape index (κ3) is 7.56. The van der Waals surface area contributed by atoms with Crippen LogP contribution in [0.5, 0.6) is 0 Å². The summed E-state index contributed by atoms with van der Waals surface area (Å²) in [6.45, 7) is 11.9. The lowest BCUT2D eigenvalue weighted by Crippen LogP contribution is -2.47. The number of amides is 1. The molecule has 1 aliphatic rings. The number of rotatable bonds is 5. The number of hydrogen-bond donors (Lipinski definition) is 2. The van der Waals surface area contributed by atoms with Crippen molar-refractivity contribution in [3.05, 3.63) is 0 Å². The maximum Gasteiger partial charge on any atom is 0.220 e. The molecule has 19 heavy (non-hydrogen) atoms. The largest absolute Gasteiger partial charge is 0.355 e. The van der Waals surface area contributed by atoms with E-state index in [1.165, 1.54) is 19.3 Å². The fourth-order valence-electron chi connectivity index (χ4n) is 3.14. The second-order valence-electron chi connectivity index (χ2n) is 7.57. The summed E-state index contributed by atoms with van der Waals surface area (Å²) < 4.78 is 0. The number of carbonyl (C=O) groups is 1. The number of piperidine rings is 1. The Kier molecular flexibility index (Phi) is 6.31. The van der Waals surface area contributed by atoms with Crippen molar-refractivity contribution in [1.29, 1.82) is 0 Å². The first-order valence-corrected chi connectivity index (χ1v) is 7.79. The molecule has 1 fully saturated rings. The third-order valence-corrected chi connectivity index (χ3v) is 3.75. The maximum absolute atomic E-state index is 11.9. The minimum atomic E-state index is 0.205.